The van der Waals surface area contributed by atoms with Gasteiger partial charge in [0, 0.05) is 36.9 Å². The smallest absolute Gasteiger partial charge is 0.305 e. The Balaban J connectivity index is 1.88. The van der Waals surface area contributed by atoms with Gasteiger partial charge in [-0.05, 0) is 43.9 Å². The number of hydrogen-bond donors (Lipinski definition) is 10. The van der Waals surface area contributed by atoms with E-state index < -0.39 is 102 Å². The van der Waals surface area contributed by atoms with Gasteiger partial charge in [-0.1, -0.05) is 68.8 Å². The van der Waals surface area contributed by atoms with Crippen LogP contribution >= 0.6 is 0 Å². The van der Waals surface area contributed by atoms with E-state index >= 15 is 0 Å². The molecule has 0 saturated carbocycles. The fourth-order valence-corrected chi connectivity index (χ4v) is 6.01. The van der Waals surface area contributed by atoms with Crippen LogP contribution in [0.2, 0.25) is 0 Å². The number of hydrogen-bond acceptors (Lipinski definition) is 9. The lowest BCUT2D eigenvalue weighted by Gasteiger charge is -2.31. The summed E-state index contributed by atoms with van der Waals surface area (Å²) in [4.78, 5) is 107. The van der Waals surface area contributed by atoms with Crippen LogP contribution in [0.4, 0.5) is 0 Å². The molecular weight excluding hydrogens is 752 g/mol. The Morgan fingerprint density at radius 2 is 1.28 bits per heavy atom. The summed E-state index contributed by atoms with van der Waals surface area (Å²) in [6.07, 6.45) is -0.398. The number of benzene rings is 2. The maximum absolute atomic E-state index is 14.0. The number of fused-ring (bicyclic) bond motifs is 1. The van der Waals surface area contributed by atoms with Gasteiger partial charge < -0.3 is 52.8 Å². The third kappa shape index (κ3) is 13.1. The van der Waals surface area contributed by atoms with Crippen molar-refractivity contribution in [1.82, 2.24) is 36.9 Å². The maximum atomic E-state index is 14.0. The topological polar surface area (TPSA) is 291 Å². The van der Waals surface area contributed by atoms with Crippen LogP contribution in [-0.2, 0) is 51.2 Å². The number of nitrogens with two attached hydrogens (primary N) is 1. The number of aliphatic hydroxyl groups excluding tert-OH is 1. The van der Waals surface area contributed by atoms with E-state index in [0.29, 0.717) is 12.0 Å². The van der Waals surface area contributed by atoms with Crippen molar-refractivity contribution in [2.75, 3.05) is 0 Å². The Labute approximate surface area is 335 Å². The van der Waals surface area contributed by atoms with Crippen molar-refractivity contribution >= 4 is 58.2 Å². The monoisotopic (exact) mass is 806 g/mol. The van der Waals surface area contributed by atoms with Crippen LogP contribution in [0.3, 0.4) is 0 Å². The van der Waals surface area contributed by atoms with Crippen LogP contribution in [0.15, 0.2) is 60.8 Å². The number of aromatic nitrogens is 1. The SMILES string of the molecule is CC[C@H](C)[C@H](NC(=O)[C@H](CC(=O)O)NC(=O)[C@H](Cc1ccccc1)NC(=O)[C@H](Cc1c[nH]c2ccccc12)NC(C)=O)C(=O)N[C@H](C(=O)NC(C)(C)C(N)=O)[C@@H](C)O. The Bertz CT molecular complexity index is 1960. The second-order valence-electron chi connectivity index (χ2n) is 14.8. The first-order chi connectivity index (χ1) is 27.2. The largest absolute Gasteiger partial charge is 0.481 e. The molecule has 11 N–H and O–H groups in total. The number of carboxylic acid groups (broad SMARTS) is 1. The highest BCUT2D eigenvalue weighted by Gasteiger charge is 2.37. The zero-order valence-electron chi connectivity index (χ0n) is 33.4. The number of aliphatic hydroxyl groups is 1. The standard InChI is InChI=1S/C40H54N8O10/c1-7-21(2)32(37(56)47-33(22(3)49)38(57)48-40(5,6)39(41)58)46-36(55)30(19-31(51)52)45-34(53)28(17-24-13-9-8-10-14-24)44-35(54)29(43-23(4)50)18-25-20-42-27-16-12-11-15-26(25)27/h8-16,20-22,28-30,32-33,42,49H,7,17-19H2,1-6H3,(H2,41,58)(H,43,50)(H,44,54)(H,45,53)(H,46,55)(H,47,56)(H,48,57)(H,51,52)/t21-,22+,28-,29-,30-,32-,33-/m0/s1. The van der Waals surface area contributed by atoms with Gasteiger partial charge >= 0.3 is 5.97 Å². The van der Waals surface area contributed by atoms with Crippen molar-refractivity contribution in [2.24, 2.45) is 11.7 Å². The molecule has 0 aliphatic heterocycles. The lowest BCUT2D eigenvalue weighted by molar-refractivity contribution is -0.142. The van der Waals surface area contributed by atoms with Crippen LogP contribution in [0, 0.1) is 5.92 Å². The van der Waals surface area contributed by atoms with Gasteiger partial charge in [0.25, 0.3) is 0 Å². The number of aromatic amines is 1. The fourth-order valence-electron chi connectivity index (χ4n) is 6.01. The quantitative estimate of drug-likeness (QED) is 0.0669. The van der Waals surface area contributed by atoms with Gasteiger partial charge in [-0.3, -0.25) is 38.4 Å². The van der Waals surface area contributed by atoms with Crippen LogP contribution < -0.4 is 37.6 Å². The number of rotatable bonds is 21. The Hall–Kier alpha value is -6.30. The van der Waals surface area contributed by atoms with Crippen LogP contribution in [-0.4, -0.2) is 104 Å². The van der Waals surface area contributed by atoms with E-state index in [1.807, 2.05) is 24.3 Å². The van der Waals surface area contributed by atoms with E-state index in [4.69, 9.17) is 5.73 Å². The molecule has 0 saturated heterocycles. The summed E-state index contributed by atoms with van der Waals surface area (Å²) in [5, 5.41) is 35.9. The predicted octanol–water partition coefficient (Wildman–Crippen LogP) is -0.321. The molecule has 314 valence electrons. The minimum Gasteiger partial charge on any atom is -0.481 e. The van der Waals surface area contributed by atoms with Gasteiger partial charge in [0.1, 0.15) is 35.7 Å². The molecule has 3 rings (SSSR count). The van der Waals surface area contributed by atoms with Crippen LogP contribution in [0.25, 0.3) is 10.9 Å². The summed E-state index contributed by atoms with van der Waals surface area (Å²) >= 11 is 0. The lowest BCUT2D eigenvalue weighted by atomic mass is 9.96. The van der Waals surface area contributed by atoms with E-state index in [2.05, 4.69) is 36.9 Å². The number of nitrogens with one attached hydrogen (secondary N) is 7. The first-order valence-electron chi connectivity index (χ1n) is 18.8. The van der Waals surface area contributed by atoms with E-state index in [1.54, 1.807) is 50.4 Å². The molecule has 1 aromatic heterocycles. The van der Waals surface area contributed by atoms with Crippen molar-refractivity contribution in [3.05, 3.63) is 71.9 Å². The molecule has 18 nitrogen and oxygen atoms in total. The van der Waals surface area contributed by atoms with Gasteiger partial charge in [0.2, 0.25) is 41.4 Å². The molecule has 2 aromatic carbocycles. The lowest BCUT2D eigenvalue weighted by Crippen LogP contribution is -2.63. The summed E-state index contributed by atoms with van der Waals surface area (Å²) in [6.45, 7) is 8.45. The second kappa shape index (κ2) is 20.7. The number of amides is 7. The fraction of sp³-hybridized carbons (Fsp3) is 0.450. The first kappa shape index (κ1) is 46.1. The van der Waals surface area contributed by atoms with Gasteiger partial charge in [0.05, 0.1) is 12.5 Å². The van der Waals surface area contributed by atoms with E-state index in [1.165, 1.54) is 27.7 Å². The number of para-hydroxylation sites is 1. The molecular formula is C40H54N8O10. The molecule has 18 heteroatoms. The number of carbonyl (C=O) groups excluding carboxylic acids is 7. The van der Waals surface area contributed by atoms with Crippen molar-refractivity contribution in [2.45, 2.75) is 109 Å². The van der Waals surface area contributed by atoms with Crippen molar-refractivity contribution in [3.63, 3.8) is 0 Å². The zero-order chi connectivity index (χ0) is 43.3. The third-order valence-electron chi connectivity index (χ3n) is 9.63. The van der Waals surface area contributed by atoms with E-state index in [9.17, 15) is 48.6 Å². The highest BCUT2D eigenvalue weighted by molar-refractivity contribution is 5.98. The molecule has 0 unspecified atom stereocenters. The number of carboxylic acids is 1. The minimum absolute atomic E-state index is 0.0543. The Morgan fingerprint density at radius 3 is 1.84 bits per heavy atom. The zero-order valence-corrected chi connectivity index (χ0v) is 33.4. The van der Waals surface area contributed by atoms with Gasteiger partial charge in [-0.15, -0.1) is 0 Å². The second-order valence-corrected chi connectivity index (χ2v) is 14.8. The van der Waals surface area contributed by atoms with Crippen molar-refractivity contribution < 1.29 is 48.6 Å². The molecule has 1 heterocycles. The highest BCUT2D eigenvalue weighted by Crippen LogP contribution is 2.20. The summed E-state index contributed by atoms with van der Waals surface area (Å²) in [7, 11) is 0. The molecule has 58 heavy (non-hydrogen) atoms. The number of H-pyrrole nitrogens is 1. The number of aliphatic carboxylic acids is 1. The number of carbonyl (C=O) groups is 8. The van der Waals surface area contributed by atoms with E-state index in [0.717, 1.165) is 16.5 Å². The summed E-state index contributed by atoms with van der Waals surface area (Å²) in [5.74, 6) is -8.04. The highest BCUT2D eigenvalue weighted by atomic mass is 16.4. The molecule has 0 radical (unpaired) electrons. The molecule has 0 bridgehead atoms. The Kier molecular flexibility index (Phi) is 16.5. The summed E-state index contributed by atoms with van der Waals surface area (Å²) < 4.78 is 0. The van der Waals surface area contributed by atoms with Crippen LogP contribution in [0.5, 0.6) is 0 Å². The molecule has 0 spiro atoms. The van der Waals surface area contributed by atoms with Crippen LogP contribution in [0.1, 0.15) is 65.5 Å². The number of primary amides is 1. The normalized spacial score (nSPS) is 14.9. The summed E-state index contributed by atoms with van der Waals surface area (Å²) in [5.41, 5.74) is 5.95. The molecule has 0 aliphatic carbocycles. The van der Waals surface area contributed by atoms with Gasteiger partial charge in [0.15, 0.2) is 0 Å². The van der Waals surface area contributed by atoms with Gasteiger partial charge in [-0.2, -0.15) is 0 Å². The molecule has 0 aliphatic rings. The molecule has 3 aromatic rings. The average Bonchev–Trinajstić information content (AvgIpc) is 3.56. The average molecular weight is 807 g/mol. The van der Waals surface area contributed by atoms with Crippen molar-refractivity contribution in [3.8, 4) is 0 Å². The third-order valence-corrected chi connectivity index (χ3v) is 9.63. The van der Waals surface area contributed by atoms with E-state index in [-0.39, 0.29) is 12.8 Å². The van der Waals surface area contributed by atoms with Gasteiger partial charge in [-0.25, -0.2) is 0 Å². The Morgan fingerprint density at radius 1 is 0.724 bits per heavy atom. The molecule has 7 amide bonds. The summed E-state index contributed by atoms with van der Waals surface area (Å²) in [6, 6.07) is 8.72. The maximum Gasteiger partial charge on any atom is 0.305 e. The minimum atomic E-state index is -1.76. The predicted molar refractivity (Wildman–Crippen MR) is 212 cm³/mol. The first-order valence-corrected chi connectivity index (χ1v) is 18.8. The molecule has 0 fully saturated rings. The van der Waals surface area contributed by atoms with Crippen molar-refractivity contribution in [1.29, 1.82) is 0 Å². The molecule has 7 atom stereocenters.